The van der Waals surface area contributed by atoms with Crippen molar-refractivity contribution in [2.45, 2.75) is 20.0 Å². The Morgan fingerprint density at radius 3 is 2.65 bits per heavy atom. The minimum absolute atomic E-state index is 0.746. The molecule has 0 bridgehead atoms. The van der Waals surface area contributed by atoms with E-state index in [9.17, 15) is 0 Å². The minimum Gasteiger partial charge on any atom is -0.358 e. The zero-order valence-electron chi connectivity index (χ0n) is 12.1. The lowest BCUT2D eigenvalue weighted by molar-refractivity contribution is 0.487. The summed E-state index contributed by atoms with van der Waals surface area (Å²) in [4.78, 5) is 2.03. The number of aromatic nitrogens is 2. The predicted molar refractivity (Wildman–Crippen MR) is 85.3 cm³/mol. The number of nitrogens with zero attached hydrogens (tertiary/aromatic N) is 3. The Bertz CT molecular complexity index is 577. The van der Waals surface area contributed by atoms with E-state index >= 15 is 0 Å². The van der Waals surface area contributed by atoms with E-state index in [1.54, 1.807) is 0 Å². The fourth-order valence-corrected chi connectivity index (χ4v) is 2.07. The summed E-state index contributed by atoms with van der Waals surface area (Å²) in [5, 5.41) is 8.27. The molecule has 0 amide bonds. The van der Waals surface area contributed by atoms with Crippen LogP contribution >= 0.6 is 12.2 Å². The molecule has 106 valence electrons. The molecule has 2 rings (SSSR count). The van der Waals surface area contributed by atoms with Gasteiger partial charge in [-0.2, -0.15) is 5.10 Å². The maximum Gasteiger partial charge on any atom is 0.169 e. The molecule has 1 aromatic heterocycles. The number of rotatable bonds is 4. The van der Waals surface area contributed by atoms with Crippen LogP contribution in [0.4, 0.5) is 0 Å². The van der Waals surface area contributed by atoms with Crippen LogP contribution in [0.1, 0.15) is 16.8 Å². The van der Waals surface area contributed by atoms with Crippen molar-refractivity contribution in [2.24, 2.45) is 7.05 Å². The predicted octanol–water partition coefficient (Wildman–Crippen LogP) is 2.24. The van der Waals surface area contributed by atoms with Gasteiger partial charge in [0.1, 0.15) is 0 Å². The highest BCUT2D eigenvalue weighted by Crippen LogP contribution is 2.08. The topological polar surface area (TPSA) is 33.1 Å². The Morgan fingerprint density at radius 1 is 1.35 bits per heavy atom. The molecule has 1 N–H and O–H groups in total. The lowest BCUT2D eigenvalue weighted by Gasteiger charge is -2.21. The van der Waals surface area contributed by atoms with Crippen molar-refractivity contribution in [3.63, 3.8) is 0 Å². The van der Waals surface area contributed by atoms with Crippen LogP contribution in [0, 0.1) is 6.92 Å². The maximum atomic E-state index is 5.41. The van der Waals surface area contributed by atoms with Gasteiger partial charge in [0.05, 0.1) is 6.20 Å². The van der Waals surface area contributed by atoms with E-state index < -0.39 is 0 Å². The van der Waals surface area contributed by atoms with Crippen LogP contribution in [0.2, 0.25) is 0 Å². The molecular formula is C15H20N4S. The Kier molecular flexibility index (Phi) is 4.74. The van der Waals surface area contributed by atoms with E-state index in [1.807, 2.05) is 48.1 Å². The largest absolute Gasteiger partial charge is 0.358 e. The number of hydrogen-bond donors (Lipinski definition) is 1. The highest BCUT2D eigenvalue weighted by atomic mass is 32.1. The molecule has 1 heterocycles. The van der Waals surface area contributed by atoms with Gasteiger partial charge in [0.15, 0.2) is 5.11 Å². The molecule has 0 spiro atoms. The van der Waals surface area contributed by atoms with Gasteiger partial charge in [0.2, 0.25) is 0 Å². The summed E-state index contributed by atoms with van der Waals surface area (Å²) in [6.45, 7) is 3.58. The van der Waals surface area contributed by atoms with Crippen LogP contribution in [-0.4, -0.2) is 26.8 Å². The third-order valence-corrected chi connectivity index (χ3v) is 3.83. The maximum absolute atomic E-state index is 5.41. The summed E-state index contributed by atoms with van der Waals surface area (Å²) >= 11 is 5.41. The van der Waals surface area contributed by atoms with E-state index in [-0.39, 0.29) is 0 Å². The first-order valence-corrected chi connectivity index (χ1v) is 6.99. The minimum atomic E-state index is 0.746. The van der Waals surface area contributed by atoms with Crippen LogP contribution in [-0.2, 0) is 20.1 Å². The molecule has 0 unspecified atom stereocenters. The van der Waals surface area contributed by atoms with Gasteiger partial charge in [-0.3, -0.25) is 4.68 Å². The van der Waals surface area contributed by atoms with Gasteiger partial charge in [-0.25, -0.2) is 0 Å². The molecule has 4 nitrogen and oxygen atoms in total. The van der Waals surface area contributed by atoms with Gasteiger partial charge in [-0.05, 0) is 24.7 Å². The number of hydrogen-bond acceptors (Lipinski definition) is 2. The van der Waals surface area contributed by atoms with Crippen molar-refractivity contribution >= 4 is 17.3 Å². The molecule has 0 fully saturated rings. The number of nitrogens with one attached hydrogen (secondary N) is 1. The van der Waals surface area contributed by atoms with E-state index in [0.29, 0.717) is 0 Å². The lowest BCUT2D eigenvalue weighted by Crippen LogP contribution is -2.36. The van der Waals surface area contributed by atoms with Crippen molar-refractivity contribution in [1.29, 1.82) is 0 Å². The van der Waals surface area contributed by atoms with E-state index in [0.717, 1.165) is 18.2 Å². The van der Waals surface area contributed by atoms with Gasteiger partial charge >= 0.3 is 0 Å². The molecule has 0 atom stereocenters. The fourth-order valence-electron chi connectivity index (χ4n) is 1.94. The summed E-state index contributed by atoms with van der Waals surface area (Å²) in [7, 11) is 3.94. The quantitative estimate of drug-likeness (QED) is 0.875. The third kappa shape index (κ3) is 3.57. The second-order valence-electron chi connectivity index (χ2n) is 4.88. The monoisotopic (exact) mass is 288 g/mol. The van der Waals surface area contributed by atoms with Crippen LogP contribution in [0.15, 0.2) is 36.5 Å². The number of thiocarbonyl (C=S) groups is 1. The molecular weight excluding hydrogens is 268 g/mol. The molecule has 0 radical (unpaired) electrons. The van der Waals surface area contributed by atoms with Gasteiger partial charge in [-0.1, -0.05) is 30.3 Å². The van der Waals surface area contributed by atoms with E-state index in [2.05, 4.69) is 29.5 Å². The standard InChI is InChI=1S/C15H20N4S/c1-12-14(10-17-19(12)3)11-18(2)15(20)16-9-13-7-5-4-6-8-13/h4-8,10H,9,11H2,1-3H3,(H,16,20). The molecule has 5 heteroatoms. The normalized spacial score (nSPS) is 10.3. The van der Waals surface area contributed by atoms with Gasteiger partial charge in [0.25, 0.3) is 0 Å². The molecule has 0 aliphatic rings. The van der Waals surface area contributed by atoms with E-state index in [4.69, 9.17) is 12.2 Å². The van der Waals surface area contributed by atoms with Crippen molar-refractivity contribution in [2.75, 3.05) is 7.05 Å². The summed E-state index contributed by atoms with van der Waals surface area (Å²) in [6.07, 6.45) is 1.89. The molecule has 0 aliphatic heterocycles. The van der Waals surface area contributed by atoms with Crippen LogP contribution in [0.25, 0.3) is 0 Å². The first-order chi connectivity index (χ1) is 9.58. The fraction of sp³-hybridized carbons (Fsp3) is 0.333. The van der Waals surface area contributed by atoms with Gasteiger partial charge in [0, 0.05) is 38.4 Å². The smallest absolute Gasteiger partial charge is 0.169 e. The van der Waals surface area contributed by atoms with Crippen molar-refractivity contribution < 1.29 is 0 Å². The Balaban J connectivity index is 1.88. The zero-order chi connectivity index (χ0) is 14.5. The summed E-state index contributed by atoms with van der Waals surface area (Å²) in [5.41, 5.74) is 3.59. The third-order valence-electron chi connectivity index (χ3n) is 3.38. The van der Waals surface area contributed by atoms with Crippen LogP contribution < -0.4 is 5.32 Å². The Morgan fingerprint density at radius 2 is 2.05 bits per heavy atom. The molecule has 20 heavy (non-hydrogen) atoms. The van der Waals surface area contributed by atoms with Crippen LogP contribution in [0.5, 0.6) is 0 Å². The molecule has 1 aromatic carbocycles. The second kappa shape index (κ2) is 6.52. The van der Waals surface area contributed by atoms with Gasteiger partial charge < -0.3 is 10.2 Å². The Labute approximate surface area is 125 Å². The zero-order valence-corrected chi connectivity index (χ0v) is 12.9. The SMILES string of the molecule is Cc1c(CN(C)C(=S)NCc2ccccc2)cnn1C. The molecule has 0 saturated carbocycles. The Hall–Kier alpha value is -1.88. The summed E-state index contributed by atoms with van der Waals surface area (Å²) in [6, 6.07) is 10.2. The highest BCUT2D eigenvalue weighted by Gasteiger charge is 2.09. The van der Waals surface area contributed by atoms with Crippen LogP contribution in [0.3, 0.4) is 0 Å². The summed E-state index contributed by atoms with van der Waals surface area (Å²) in [5.74, 6) is 0. The van der Waals surface area contributed by atoms with E-state index in [1.165, 1.54) is 16.8 Å². The first-order valence-electron chi connectivity index (χ1n) is 6.58. The van der Waals surface area contributed by atoms with Crippen molar-refractivity contribution in [1.82, 2.24) is 20.0 Å². The van der Waals surface area contributed by atoms with Crippen molar-refractivity contribution in [3.05, 3.63) is 53.3 Å². The molecule has 0 saturated heterocycles. The highest BCUT2D eigenvalue weighted by molar-refractivity contribution is 7.80. The lowest BCUT2D eigenvalue weighted by atomic mass is 10.2. The van der Waals surface area contributed by atoms with Gasteiger partial charge in [-0.15, -0.1) is 0 Å². The summed E-state index contributed by atoms with van der Waals surface area (Å²) < 4.78 is 1.88. The van der Waals surface area contributed by atoms with Crippen molar-refractivity contribution in [3.8, 4) is 0 Å². The number of aryl methyl sites for hydroxylation is 1. The first kappa shape index (κ1) is 14.5. The molecule has 0 aliphatic carbocycles. The molecule has 2 aromatic rings. The number of benzene rings is 1. The average Bonchev–Trinajstić information content (AvgIpc) is 2.78. The average molecular weight is 288 g/mol. The second-order valence-corrected chi connectivity index (χ2v) is 5.27.